The minimum Gasteiger partial charge on any atom is -0.289 e. The molecule has 20 heavy (non-hydrogen) atoms. The van der Waals surface area contributed by atoms with E-state index in [0.29, 0.717) is 11.6 Å². The fraction of sp³-hybridized carbons (Fsp3) is 0.385. The van der Waals surface area contributed by atoms with E-state index in [9.17, 15) is 4.79 Å². The average molecular weight is 338 g/mol. The smallest absolute Gasteiger partial charge is 0.276 e. The van der Waals surface area contributed by atoms with E-state index in [0.717, 1.165) is 10.0 Å². The van der Waals surface area contributed by atoms with Crippen LogP contribution in [0, 0.1) is 6.92 Å². The molecule has 106 valence electrons. The van der Waals surface area contributed by atoms with Crippen LogP contribution in [0.5, 0.6) is 0 Å². The molecule has 0 radical (unpaired) electrons. The minimum atomic E-state index is -0.298. The first-order valence-electron chi connectivity index (χ1n) is 6.13. The maximum atomic E-state index is 12.3. The number of rotatable bonds is 2. The van der Waals surface area contributed by atoms with Gasteiger partial charge in [0, 0.05) is 10.7 Å². The summed E-state index contributed by atoms with van der Waals surface area (Å²) in [6, 6.07) is 1.84. The Balaban J connectivity index is 2.27. The molecular weight excluding hydrogens is 322 g/mol. The molecule has 6 nitrogen and oxygen atoms in total. The summed E-state index contributed by atoms with van der Waals surface area (Å²) < 4.78 is 2.50. The number of hydrogen-bond acceptors (Lipinski definition) is 4. The van der Waals surface area contributed by atoms with E-state index in [2.05, 4.69) is 36.3 Å². The first-order chi connectivity index (χ1) is 9.29. The number of pyridine rings is 1. The number of anilines is 1. The van der Waals surface area contributed by atoms with Crippen LogP contribution in [0.1, 0.15) is 36.8 Å². The second kappa shape index (κ2) is 5.32. The van der Waals surface area contributed by atoms with E-state index in [1.54, 1.807) is 10.9 Å². The Kier molecular flexibility index (Phi) is 3.89. The first-order valence-corrected chi connectivity index (χ1v) is 6.92. The van der Waals surface area contributed by atoms with E-state index >= 15 is 0 Å². The molecule has 2 heterocycles. The molecule has 0 atom stereocenters. The van der Waals surface area contributed by atoms with Crippen molar-refractivity contribution in [2.75, 3.05) is 5.32 Å². The monoisotopic (exact) mass is 337 g/mol. The molecule has 0 aliphatic carbocycles. The third-order valence-corrected chi connectivity index (χ3v) is 3.10. The number of nitrogens with zero attached hydrogens (tertiary/aromatic N) is 4. The van der Waals surface area contributed by atoms with Gasteiger partial charge in [0.15, 0.2) is 0 Å². The highest BCUT2D eigenvalue weighted by atomic mass is 79.9. The molecule has 0 saturated carbocycles. The van der Waals surface area contributed by atoms with Crippen molar-refractivity contribution in [2.45, 2.75) is 33.2 Å². The van der Waals surface area contributed by atoms with Crippen LogP contribution in [0.2, 0.25) is 0 Å². The van der Waals surface area contributed by atoms with Gasteiger partial charge in [0.1, 0.15) is 12.0 Å². The van der Waals surface area contributed by atoms with Crippen LogP contribution in [0.3, 0.4) is 0 Å². The van der Waals surface area contributed by atoms with Crippen LogP contribution < -0.4 is 5.32 Å². The summed E-state index contributed by atoms with van der Waals surface area (Å²) in [4.78, 5) is 20.5. The highest BCUT2D eigenvalue weighted by Gasteiger charge is 2.21. The zero-order valence-electron chi connectivity index (χ0n) is 11.8. The molecular formula is C13H16BrN5O. The molecule has 1 amide bonds. The van der Waals surface area contributed by atoms with Gasteiger partial charge in [0.05, 0.1) is 5.54 Å². The van der Waals surface area contributed by atoms with E-state index in [-0.39, 0.29) is 11.4 Å². The van der Waals surface area contributed by atoms with Gasteiger partial charge < -0.3 is 0 Å². The molecule has 1 N–H and O–H groups in total. The van der Waals surface area contributed by atoms with Crippen molar-refractivity contribution in [2.24, 2.45) is 0 Å². The molecule has 0 spiro atoms. The van der Waals surface area contributed by atoms with Gasteiger partial charge >= 0.3 is 0 Å². The van der Waals surface area contributed by atoms with Crippen molar-refractivity contribution in [1.29, 1.82) is 0 Å². The van der Waals surface area contributed by atoms with E-state index in [1.165, 1.54) is 6.33 Å². The zero-order valence-corrected chi connectivity index (χ0v) is 13.4. The van der Waals surface area contributed by atoms with E-state index in [4.69, 9.17) is 0 Å². The lowest BCUT2D eigenvalue weighted by atomic mass is 10.1. The Morgan fingerprint density at radius 2 is 2.05 bits per heavy atom. The van der Waals surface area contributed by atoms with Gasteiger partial charge in [-0.15, -0.1) is 0 Å². The molecule has 0 fully saturated rings. The number of aromatic nitrogens is 4. The van der Waals surface area contributed by atoms with Gasteiger partial charge in [-0.2, -0.15) is 10.1 Å². The fourth-order valence-electron chi connectivity index (χ4n) is 1.76. The Morgan fingerprint density at radius 3 is 2.65 bits per heavy atom. The number of halogens is 1. The van der Waals surface area contributed by atoms with E-state index in [1.807, 2.05) is 33.8 Å². The maximum Gasteiger partial charge on any atom is 0.276 e. The van der Waals surface area contributed by atoms with Crippen LogP contribution in [0.25, 0.3) is 0 Å². The van der Waals surface area contributed by atoms with Gasteiger partial charge in [0.2, 0.25) is 5.95 Å². The quantitative estimate of drug-likeness (QED) is 0.914. The molecule has 0 aliphatic heterocycles. The first kappa shape index (κ1) is 14.6. The molecule has 2 rings (SSSR count). The normalized spacial score (nSPS) is 11.4. The standard InChI is InChI=1S/C13H16BrN5O/c1-8-5-9(14)6-15-10(8)11(20)18-12-16-7-17-19(12)13(2,3)4/h5-7H,1-4H3,(H,16,17,18,20). The highest BCUT2D eigenvalue weighted by molar-refractivity contribution is 9.10. The van der Waals surface area contributed by atoms with Crippen molar-refractivity contribution in [3.8, 4) is 0 Å². The SMILES string of the molecule is Cc1cc(Br)cnc1C(=O)Nc1ncnn1C(C)(C)C. The lowest BCUT2D eigenvalue weighted by Crippen LogP contribution is -2.27. The summed E-state index contributed by atoms with van der Waals surface area (Å²) >= 11 is 3.32. The number of aryl methyl sites for hydroxylation is 1. The van der Waals surface area contributed by atoms with Gasteiger partial charge in [-0.3, -0.25) is 10.1 Å². The molecule has 0 aliphatic rings. The predicted molar refractivity (Wildman–Crippen MR) is 79.6 cm³/mol. The molecule has 2 aromatic rings. The number of carbonyl (C=O) groups excluding carboxylic acids is 1. The van der Waals surface area contributed by atoms with Crippen LogP contribution in [-0.2, 0) is 5.54 Å². The van der Waals surface area contributed by atoms with Crippen molar-refractivity contribution in [3.63, 3.8) is 0 Å². The third-order valence-electron chi connectivity index (χ3n) is 2.67. The summed E-state index contributed by atoms with van der Waals surface area (Å²) in [6.07, 6.45) is 3.01. The lowest BCUT2D eigenvalue weighted by Gasteiger charge is -2.21. The van der Waals surface area contributed by atoms with Gasteiger partial charge in [-0.05, 0) is 55.3 Å². The van der Waals surface area contributed by atoms with Crippen molar-refractivity contribution in [3.05, 3.63) is 34.3 Å². The van der Waals surface area contributed by atoms with Crippen molar-refractivity contribution in [1.82, 2.24) is 19.7 Å². The maximum absolute atomic E-state index is 12.3. The van der Waals surface area contributed by atoms with Crippen molar-refractivity contribution < 1.29 is 4.79 Å². The molecule has 0 aromatic carbocycles. The predicted octanol–water partition coefficient (Wildman–Crippen LogP) is 2.75. The minimum absolute atomic E-state index is 0.263. The Morgan fingerprint density at radius 1 is 1.35 bits per heavy atom. The van der Waals surface area contributed by atoms with Crippen LogP contribution in [0.15, 0.2) is 23.1 Å². The van der Waals surface area contributed by atoms with Crippen LogP contribution in [-0.4, -0.2) is 25.7 Å². The van der Waals surface area contributed by atoms with Crippen molar-refractivity contribution >= 4 is 27.8 Å². The number of amides is 1. The number of nitrogens with one attached hydrogen (secondary N) is 1. The van der Waals surface area contributed by atoms with E-state index < -0.39 is 0 Å². The lowest BCUT2D eigenvalue weighted by molar-refractivity contribution is 0.101. The molecule has 0 saturated heterocycles. The summed E-state index contributed by atoms with van der Waals surface area (Å²) in [5.41, 5.74) is 0.900. The zero-order chi connectivity index (χ0) is 14.9. The third kappa shape index (κ3) is 3.04. The summed E-state index contributed by atoms with van der Waals surface area (Å²) in [7, 11) is 0. The molecule has 7 heteroatoms. The van der Waals surface area contributed by atoms with Gasteiger partial charge in [0.25, 0.3) is 5.91 Å². The Labute approximate surface area is 125 Å². The summed E-state index contributed by atoms with van der Waals surface area (Å²) in [6.45, 7) is 7.79. The highest BCUT2D eigenvalue weighted by Crippen LogP contribution is 2.18. The Bertz CT molecular complexity index is 644. The topological polar surface area (TPSA) is 72.7 Å². The second-order valence-electron chi connectivity index (χ2n) is 5.44. The molecule has 0 unspecified atom stereocenters. The largest absolute Gasteiger partial charge is 0.289 e. The number of hydrogen-bond donors (Lipinski definition) is 1. The van der Waals surface area contributed by atoms with Gasteiger partial charge in [-0.1, -0.05) is 0 Å². The molecule has 0 bridgehead atoms. The Hall–Kier alpha value is -1.76. The molecule has 2 aromatic heterocycles. The summed E-state index contributed by atoms with van der Waals surface area (Å²) in [5, 5.41) is 6.88. The second-order valence-corrected chi connectivity index (χ2v) is 6.36. The number of carbonyl (C=O) groups is 1. The van der Waals surface area contributed by atoms with Crippen LogP contribution >= 0.6 is 15.9 Å². The van der Waals surface area contributed by atoms with Gasteiger partial charge in [-0.25, -0.2) is 9.67 Å². The average Bonchev–Trinajstić information content (AvgIpc) is 2.76. The van der Waals surface area contributed by atoms with Crippen LogP contribution in [0.4, 0.5) is 5.95 Å². The fourth-order valence-corrected chi connectivity index (χ4v) is 2.20. The summed E-state index contributed by atoms with van der Waals surface area (Å²) in [5.74, 6) is 0.111.